The van der Waals surface area contributed by atoms with E-state index in [1.165, 1.54) is 10.6 Å². The summed E-state index contributed by atoms with van der Waals surface area (Å²) in [6, 6.07) is 11.1. The molecule has 24 heavy (non-hydrogen) atoms. The predicted octanol–water partition coefficient (Wildman–Crippen LogP) is 1.35. The smallest absolute Gasteiger partial charge is 0.275 e. The Hall–Kier alpha value is -2.51. The van der Waals surface area contributed by atoms with Crippen LogP contribution in [0, 0.1) is 0 Å². The highest BCUT2D eigenvalue weighted by Crippen LogP contribution is 2.14. The average Bonchev–Trinajstić information content (AvgIpc) is 3.06. The molecule has 0 atom stereocenters. The van der Waals surface area contributed by atoms with Crippen molar-refractivity contribution >= 4 is 5.78 Å². The van der Waals surface area contributed by atoms with Crippen molar-refractivity contribution < 1.29 is 4.74 Å². The minimum absolute atomic E-state index is 0.206. The van der Waals surface area contributed by atoms with E-state index in [1.807, 2.05) is 30.3 Å². The number of hydrogen-bond donors (Lipinski definition) is 2. The summed E-state index contributed by atoms with van der Waals surface area (Å²) in [7, 11) is 0. The van der Waals surface area contributed by atoms with Crippen LogP contribution < -0.4 is 10.9 Å². The lowest BCUT2D eigenvalue weighted by Crippen LogP contribution is -2.32. The molecule has 2 aromatic heterocycles. The molecule has 0 unspecified atom stereocenters. The molecular formula is C17H19N5O2. The normalized spacial score (nSPS) is 15.8. The first-order chi connectivity index (χ1) is 11.8. The number of benzene rings is 1. The van der Waals surface area contributed by atoms with E-state index < -0.39 is 0 Å². The second-order valence-electron chi connectivity index (χ2n) is 5.93. The minimum atomic E-state index is -0.206. The second kappa shape index (κ2) is 6.54. The van der Waals surface area contributed by atoms with Gasteiger partial charge < -0.3 is 15.0 Å². The van der Waals surface area contributed by atoms with Gasteiger partial charge in [0.25, 0.3) is 5.56 Å². The highest BCUT2D eigenvalue weighted by molar-refractivity contribution is 5.56. The van der Waals surface area contributed by atoms with E-state index in [2.05, 4.69) is 20.4 Å². The number of ether oxygens (including phenoxy) is 1. The summed E-state index contributed by atoms with van der Waals surface area (Å²) >= 11 is 0. The summed E-state index contributed by atoms with van der Waals surface area (Å²) in [5.41, 5.74) is 1.39. The molecule has 0 aliphatic carbocycles. The van der Waals surface area contributed by atoms with Gasteiger partial charge in [0.05, 0.1) is 12.7 Å². The maximum absolute atomic E-state index is 12.3. The minimum Gasteiger partial charge on any atom is -0.372 e. The molecule has 0 spiro atoms. The van der Waals surface area contributed by atoms with Gasteiger partial charge in [-0.3, -0.25) is 4.79 Å². The number of nitrogens with zero attached hydrogens (tertiary/aromatic N) is 3. The summed E-state index contributed by atoms with van der Waals surface area (Å²) in [6.45, 7) is 2.33. The number of aromatic amines is 1. The Kier molecular flexibility index (Phi) is 4.10. The molecule has 2 N–H and O–H groups in total. The van der Waals surface area contributed by atoms with Crippen molar-refractivity contribution in [3.8, 4) is 11.4 Å². The van der Waals surface area contributed by atoms with Gasteiger partial charge in [-0.1, -0.05) is 30.3 Å². The van der Waals surface area contributed by atoms with Crippen LogP contribution >= 0.6 is 0 Å². The fraction of sp³-hybridized carbons (Fsp3) is 0.353. The van der Waals surface area contributed by atoms with Gasteiger partial charge in [-0.15, -0.1) is 5.10 Å². The van der Waals surface area contributed by atoms with E-state index in [9.17, 15) is 4.79 Å². The van der Waals surface area contributed by atoms with Crippen molar-refractivity contribution in [1.82, 2.24) is 24.9 Å². The molecule has 1 saturated heterocycles. The topological polar surface area (TPSA) is 84.3 Å². The molecule has 0 radical (unpaired) electrons. The fourth-order valence-electron chi connectivity index (χ4n) is 2.89. The number of piperidine rings is 1. The van der Waals surface area contributed by atoms with E-state index in [0.29, 0.717) is 18.2 Å². The van der Waals surface area contributed by atoms with Crippen LogP contribution in [0.15, 0.2) is 41.2 Å². The summed E-state index contributed by atoms with van der Waals surface area (Å²) in [6.07, 6.45) is 2.23. The number of H-pyrrole nitrogens is 1. The Labute approximate surface area is 138 Å². The van der Waals surface area contributed by atoms with Gasteiger partial charge in [0.2, 0.25) is 5.78 Å². The lowest BCUT2D eigenvalue weighted by atomic mass is 10.1. The van der Waals surface area contributed by atoms with Crippen LogP contribution in [0.25, 0.3) is 17.2 Å². The lowest BCUT2D eigenvalue weighted by molar-refractivity contribution is 0.0196. The Balaban J connectivity index is 1.58. The quantitative estimate of drug-likeness (QED) is 0.756. The van der Waals surface area contributed by atoms with E-state index in [1.54, 1.807) is 0 Å². The largest absolute Gasteiger partial charge is 0.372 e. The van der Waals surface area contributed by atoms with Crippen LogP contribution in [0.1, 0.15) is 18.5 Å². The molecular weight excluding hydrogens is 306 g/mol. The highest BCUT2D eigenvalue weighted by atomic mass is 16.5. The highest BCUT2D eigenvalue weighted by Gasteiger charge is 2.14. The van der Waals surface area contributed by atoms with Gasteiger partial charge in [-0.05, 0) is 25.9 Å². The molecule has 0 bridgehead atoms. The van der Waals surface area contributed by atoms with Crippen molar-refractivity contribution in [3.63, 3.8) is 0 Å². The summed E-state index contributed by atoms with van der Waals surface area (Å²) in [5.74, 6) is 0.964. The maximum Gasteiger partial charge on any atom is 0.275 e. The maximum atomic E-state index is 12.3. The molecule has 0 amide bonds. The van der Waals surface area contributed by atoms with Crippen LogP contribution in [0.5, 0.6) is 0 Å². The fourth-order valence-corrected chi connectivity index (χ4v) is 2.89. The zero-order valence-corrected chi connectivity index (χ0v) is 13.2. The van der Waals surface area contributed by atoms with Crippen LogP contribution in [0.3, 0.4) is 0 Å². The van der Waals surface area contributed by atoms with Crippen molar-refractivity contribution in [2.75, 3.05) is 13.1 Å². The van der Waals surface area contributed by atoms with Crippen molar-refractivity contribution in [2.24, 2.45) is 0 Å². The van der Waals surface area contributed by atoms with E-state index >= 15 is 0 Å². The number of aromatic nitrogens is 4. The standard InChI is InChI=1S/C17H19N5O2/c23-15-10-13(11-24-14-6-8-18-9-7-14)19-17-20-16(21-22(15)17)12-4-2-1-3-5-12/h1-5,10,14,18H,6-9,11H2,(H,19,20,21). The third kappa shape index (κ3) is 3.08. The number of fused-ring (bicyclic) bond motifs is 1. The Morgan fingerprint density at radius 3 is 2.79 bits per heavy atom. The molecule has 1 fully saturated rings. The third-order valence-corrected chi connectivity index (χ3v) is 4.18. The first kappa shape index (κ1) is 15.0. The third-order valence-electron chi connectivity index (χ3n) is 4.18. The Morgan fingerprint density at radius 2 is 2.00 bits per heavy atom. The van der Waals surface area contributed by atoms with Gasteiger partial charge >= 0.3 is 0 Å². The monoisotopic (exact) mass is 325 g/mol. The van der Waals surface area contributed by atoms with Crippen LogP contribution in [-0.2, 0) is 11.3 Å². The van der Waals surface area contributed by atoms with Crippen LogP contribution in [0.4, 0.5) is 0 Å². The molecule has 3 heterocycles. The number of hydrogen-bond acceptors (Lipinski definition) is 5. The molecule has 1 aliphatic heterocycles. The molecule has 1 aliphatic rings. The predicted molar refractivity (Wildman–Crippen MR) is 89.7 cm³/mol. The van der Waals surface area contributed by atoms with Gasteiger partial charge in [-0.2, -0.15) is 9.50 Å². The van der Waals surface area contributed by atoms with Crippen molar-refractivity contribution in [3.05, 3.63) is 52.4 Å². The van der Waals surface area contributed by atoms with E-state index in [-0.39, 0.29) is 11.7 Å². The van der Waals surface area contributed by atoms with Crippen LogP contribution in [-0.4, -0.2) is 38.8 Å². The van der Waals surface area contributed by atoms with Crippen LogP contribution in [0.2, 0.25) is 0 Å². The van der Waals surface area contributed by atoms with E-state index in [4.69, 9.17) is 4.74 Å². The molecule has 7 heteroatoms. The van der Waals surface area contributed by atoms with Crippen molar-refractivity contribution in [2.45, 2.75) is 25.6 Å². The SMILES string of the molecule is O=c1cc(COC2CCNCC2)[nH]c2nc(-c3ccccc3)nn12. The zero-order valence-electron chi connectivity index (χ0n) is 13.2. The van der Waals surface area contributed by atoms with Gasteiger partial charge in [0, 0.05) is 17.3 Å². The average molecular weight is 325 g/mol. The van der Waals surface area contributed by atoms with Gasteiger partial charge in [0.15, 0.2) is 5.82 Å². The second-order valence-corrected chi connectivity index (χ2v) is 5.93. The first-order valence-electron chi connectivity index (χ1n) is 8.16. The zero-order chi connectivity index (χ0) is 16.4. The molecule has 4 rings (SSSR count). The van der Waals surface area contributed by atoms with Gasteiger partial charge in [-0.25, -0.2) is 0 Å². The molecule has 124 valence electrons. The summed E-state index contributed by atoms with van der Waals surface area (Å²) < 4.78 is 7.18. The van der Waals surface area contributed by atoms with Gasteiger partial charge in [0.1, 0.15) is 0 Å². The number of rotatable bonds is 4. The molecule has 1 aromatic carbocycles. The molecule has 7 nitrogen and oxygen atoms in total. The molecule has 3 aromatic rings. The summed E-state index contributed by atoms with van der Waals surface area (Å²) in [5, 5.41) is 7.59. The summed E-state index contributed by atoms with van der Waals surface area (Å²) in [4.78, 5) is 19.8. The Morgan fingerprint density at radius 1 is 1.21 bits per heavy atom. The van der Waals surface area contributed by atoms with E-state index in [0.717, 1.165) is 37.2 Å². The number of nitrogens with one attached hydrogen (secondary N) is 2. The van der Waals surface area contributed by atoms with Crippen molar-refractivity contribution in [1.29, 1.82) is 0 Å². The molecule has 0 saturated carbocycles. The lowest BCUT2D eigenvalue weighted by Gasteiger charge is -2.22. The first-order valence-corrected chi connectivity index (χ1v) is 8.16. The Bertz CT molecular complexity index is 881.